The predicted molar refractivity (Wildman–Crippen MR) is 64.3 cm³/mol. The Morgan fingerprint density at radius 1 is 1.44 bits per heavy atom. The molecule has 1 aliphatic carbocycles. The third-order valence-electron chi connectivity index (χ3n) is 3.24. The zero-order valence-corrected chi connectivity index (χ0v) is 10.0. The fourth-order valence-corrected chi connectivity index (χ4v) is 2.90. The van der Waals surface area contributed by atoms with Gasteiger partial charge in [-0.2, -0.15) is 0 Å². The number of hydrogen-bond acceptors (Lipinski definition) is 3. The highest BCUT2D eigenvalue weighted by molar-refractivity contribution is 7.09. The van der Waals surface area contributed by atoms with Gasteiger partial charge in [-0.05, 0) is 30.7 Å². The topological polar surface area (TPSA) is 32.3 Å². The second-order valence-electron chi connectivity index (χ2n) is 4.62. The van der Waals surface area contributed by atoms with Crippen LogP contribution in [0.15, 0.2) is 17.5 Å². The van der Waals surface area contributed by atoms with Gasteiger partial charge in [-0.3, -0.25) is 4.79 Å². The monoisotopic (exact) mass is 236 g/mol. The lowest BCUT2D eigenvalue weighted by molar-refractivity contribution is -0.129. The van der Waals surface area contributed by atoms with Gasteiger partial charge in [-0.25, -0.2) is 0 Å². The first kappa shape index (κ1) is 10.3. The van der Waals surface area contributed by atoms with Gasteiger partial charge in [0, 0.05) is 17.5 Å². The molecule has 4 heteroatoms. The molecule has 1 amide bonds. The van der Waals surface area contributed by atoms with E-state index in [0.717, 1.165) is 19.5 Å². The molecule has 1 saturated heterocycles. The van der Waals surface area contributed by atoms with Crippen molar-refractivity contribution < 1.29 is 4.79 Å². The van der Waals surface area contributed by atoms with E-state index in [4.69, 9.17) is 0 Å². The minimum Gasteiger partial charge on any atom is -0.336 e. The minimum absolute atomic E-state index is 0.0902. The van der Waals surface area contributed by atoms with E-state index in [1.807, 2.05) is 11.0 Å². The number of carbonyl (C=O) groups excluding carboxylic acids is 1. The lowest BCUT2D eigenvalue weighted by Gasteiger charge is -2.16. The largest absolute Gasteiger partial charge is 0.336 e. The fourth-order valence-electron chi connectivity index (χ4n) is 2.18. The summed E-state index contributed by atoms with van der Waals surface area (Å²) in [5.41, 5.74) is 0. The Morgan fingerprint density at radius 2 is 2.31 bits per heavy atom. The normalized spacial score (nSPS) is 25.4. The van der Waals surface area contributed by atoms with Crippen molar-refractivity contribution in [2.24, 2.45) is 0 Å². The van der Waals surface area contributed by atoms with E-state index >= 15 is 0 Å². The Labute approximate surface area is 99.5 Å². The second-order valence-corrected chi connectivity index (χ2v) is 5.65. The molecule has 2 fully saturated rings. The molecule has 1 saturated carbocycles. The van der Waals surface area contributed by atoms with Crippen molar-refractivity contribution in [1.29, 1.82) is 0 Å². The smallest absolute Gasteiger partial charge is 0.240 e. The zero-order valence-electron chi connectivity index (χ0n) is 9.19. The molecule has 1 unspecified atom stereocenters. The van der Waals surface area contributed by atoms with Crippen molar-refractivity contribution in [3.05, 3.63) is 22.4 Å². The van der Waals surface area contributed by atoms with Gasteiger partial charge < -0.3 is 10.2 Å². The highest BCUT2D eigenvalue weighted by Crippen LogP contribution is 2.23. The molecule has 1 aliphatic heterocycles. The molecule has 0 bridgehead atoms. The molecule has 0 spiro atoms. The summed E-state index contributed by atoms with van der Waals surface area (Å²) in [7, 11) is 0. The van der Waals surface area contributed by atoms with Crippen molar-refractivity contribution in [2.75, 3.05) is 6.54 Å². The molecular weight excluding hydrogens is 220 g/mol. The first-order chi connectivity index (χ1) is 7.83. The Kier molecular flexibility index (Phi) is 2.69. The maximum Gasteiger partial charge on any atom is 0.240 e. The van der Waals surface area contributed by atoms with Gasteiger partial charge in [0.2, 0.25) is 5.91 Å². The van der Waals surface area contributed by atoms with Crippen molar-refractivity contribution in [1.82, 2.24) is 10.2 Å². The van der Waals surface area contributed by atoms with Crippen LogP contribution in [0.5, 0.6) is 0 Å². The minimum atomic E-state index is 0.0902. The van der Waals surface area contributed by atoms with Crippen LogP contribution in [0.4, 0.5) is 0 Å². The molecule has 2 aliphatic rings. The van der Waals surface area contributed by atoms with E-state index in [9.17, 15) is 4.79 Å². The SMILES string of the molecule is O=C1C(NC2CC2)CCN1Cc1cccs1. The van der Waals surface area contributed by atoms with Crippen molar-refractivity contribution in [3.63, 3.8) is 0 Å². The number of nitrogens with one attached hydrogen (secondary N) is 1. The lowest BCUT2D eigenvalue weighted by Crippen LogP contribution is -2.39. The third-order valence-corrected chi connectivity index (χ3v) is 4.10. The van der Waals surface area contributed by atoms with E-state index in [-0.39, 0.29) is 6.04 Å². The summed E-state index contributed by atoms with van der Waals surface area (Å²) in [4.78, 5) is 15.3. The number of hydrogen-bond donors (Lipinski definition) is 1. The van der Waals surface area contributed by atoms with E-state index in [1.165, 1.54) is 17.7 Å². The molecule has 86 valence electrons. The Bertz CT molecular complexity index is 372. The number of thiophene rings is 1. The average Bonchev–Trinajstić information content (AvgIpc) is 2.83. The van der Waals surface area contributed by atoms with Gasteiger partial charge in [0.1, 0.15) is 0 Å². The summed E-state index contributed by atoms with van der Waals surface area (Å²) in [5.74, 6) is 0.292. The van der Waals surface area contributed by atoms with Crippen LogP contribution in [0.1, 0.15) is 24.1 Å². The predicted octanol–water partition coefficient (Wildman–Crippen LogP) is 1.60. The summed E-state index contributed by atoms with van der Waals surface area (Å²) >= 11 is 1.72. The maximum absolute atomic E-state index is 12.1. The van der Waals surface area contributed by atoms with E-state index < -0.39 is 0 Å². The quantitative estimate of drug-likeness (QED) is 0.861. The van der Waals surface area contributed by atoms with Gasteiger partial charge in [0.15, 0.2) is 0 Å². The number of likely N-dealkylation sites (tertiary alicyclic amines) is 1. The Hall–Kier alpha value is -0.870. The summed E-state index contributed by atoms with van der Waals surface area (Å²) in [6.45, 7) is 1.69. The van der Waals surface area contributed by atoms with Gasteiger partial charge in [-0.15, -0.1) is 11.3 Å². The molecule has 1 aromatic heterocycles. The van der Waals surface area contributed by atoms with E-state index in [2.05, 4.69) is 16.8 Å². The van der Waals surface area contributed by atoms with Gasteiger partial charge in [-0.1, -0.05) is 6.07 Å². The fraction of sp³-hybridized carbons (Fsp3) is 0.583. The highest BCUT2D eigenvalue weighted by atomic mass is 32.1. The van der Waals surface area contributed by atoms with Crippen LogP contribution >= 0.6 is 11.3 Å². The van der Waals surface area contributed by atoms with E-state index in [0.29, 0.717) is 11.9 Å². The van der Waals surface area contributed by atoms with Crippen LogP contribution in [0.3, 0.4) is 0 Å². The van der Waals surface area contributed by atoms with Crippen molar-refractivity contribution in [2.45, 2.75) is 37.9 Å². The molecule has 0 aromatic carbocycles. The number of rotatable bonds is 4. The average molecular weight is 236 g/mol. The summed E-state index contributed by atoms with van der Waals surface area (Å²) in [6.07, 6.45) is 3.46. The van der Waals surface area contributed by atoms with Crippen LogP contribution in [0.25, 0.3) is 0 Å². The number of carbonyl (C=O) groups is 1. The van der Waals surface area contributed by atoms with E-state index in [1.54, 1.807) is 11.3 Å². The molecule has 3 rings (SSSR count). The summed E-state index contributed by atoms with van der Waals surface area (Å²) < 4.78 is 0. The molecule has 16 heavy (non-hydrogen) atoms. The molecule has 3 nitrogen and oxygen atoms in total. The highest BCUT2D eigenvalue weighted by Gasteiger charge is 2.35. The molecular formula is C12H16N2OS. The van der Waals surface area contributed by atoms with Gasteiger partial charge in [0.05, 0.1) is 12.6 Å². The zero-order chi connectivity index (χ0) is 11.0. The first-order valence-electron chi connectivity index (χ1n) is 5.90. The van der Waals surface area contributed by atoms with Crippen LogP contribution in [0.2, 0.25) is 0 Å². The van der Waals surface area contributed by atoms with Crippen LogP contribution in [-0.2, 0) is 11.3 Å². The van der Waals surface area contributed by atoms with Crippen molar-refractivity contribution in [3.8, 4) is 0 Å². The summed E-state index contributed by atoms with van der Waals surface area (Å²) in [5, 5.41) is 5.49. The number of amides is 1. The standard InChI is InChI=1S/C12H16N2OS/c15-12-11(13-9-3-4-9)5-6-14(12)8-10-2-1-7-16-10/h1-2,7,9,11,13H,3-6,8H2. The molecule has 0 radical (unpaired) electrons. The maximum atomic E-state index is 12.1. The number of nitrogens with zero attached hydrogens (tertiary/aromatic N) is 1. The van der Waals surface area contributed by atoms with Crippen LogP contribution < -0.4 is 5.32 Å². The van der Waals surface area contributed by atoms with Crippen LogP contribution in [0, 0.1) is 0 Å². The molecule has 1 aromatic rings. The lowest BCUT2D eigenvalue weighted by atomic mass is 10.2. The van der Waals surface area contributed by atoms with Crippen molar-refractivity contribution >= 4 is 17.2 Å². The molecule has 2 heterocycles. The van der Waals surface area contributed by atoms with Gasteiger partial charge >= 0.3 is 0 Å². The second kappa shape index (κ2) is 4.18. The molecule has 1 N–H and O–H groups in total. The third kappa shape index (κ3) is 2.13. The first-order valence-corrected chi connectivity index (χ1v) is 6.78. The van der Waals surface area contributed by atoms with Gasteiger partial charge in [0.25, 0.3) is 0 Å². The summed E-state index contributed by atoms with van der Waals surface area (Å²) in [6, 6.07) is 4.85. The Balaban J connectivity index is 1.58. The molecule has 1 atom stereocenters. The van der Waals surface area contributed by atoms with Crippen LogP contribution in [-0.4, -0.2) is 29.4 Å². The Morgan fingerprint density at radius 3 is 3.00 bits per heavy atom.